The van der Waals surface area contributed by atoms with Crippen LogP contribution in [0.25, 0.3) is 16.7 Å². The molecule has 1 unspecified atom stereocenters. The fourth-order valence-corrected chi connectivity index (χ4v) is 3.81. The van der Waals surface area contributed by atoms with E-state index in [0.717, 1.165) is 29.7 Å². The van der Waals surface area contributed by atoms with E-state index in [1.165, 1.54) is 9.96 Å². The SMILES string of the molecule is CC1CCc2ccccc2N1c1nc2nnc(F)n2c2cc(N)ccc12. The van der Waals surface area contributed by atoms with Crippen LogP contribution in [0.15, 0.2) is 42.5 Å². The molecular weight excluding hydrogens is 331 g/mol. The Labute approximate surface area is 149 Å². The largest absolute Gasteiger partial charge is 0.399 e. The topological polar surface area (TPSA) is 72.3 Å². The molecule has 0 bridgehead atoms. The summed E-state index contributed by atoms with van der Waals surface area (Å²) in [5, 5.41) is 8.26. The number of rotatable bonds is 1. The fraction of sp³-hybridized carbons (Fsp3) is 0.211. The van der Waals surface area contributed by atoms with E-state index in [-0.39, 0.29) is 11.8 Å². The number of halogens is 1. The molecule has 2 aromatic carbocycles. The van der Waals surface area contributed by atoms with Gasteiger partial charge in [-0.1, -0.05) is 23.3 Å². The lowest BCUT2D eigenvalue weighted by Gasteiger charge is -2.36. The van der Waals surface area contributed by atoms with Crippen molar-refractivity contribution in [3.8, 4) is 0 Å². The molecular formula is C19H17FN6. The molecule has 0 spiro atoms. The maximum Gasteiger partial charge on any atom is 0.315 e. The van der Waals surface area contributed by atoms with Crippen LogP contribution in [0.4, 0.5) is 21.6 Å². The minimum atomic E-state index is -0.693. The first-order valence-electron chi connectivity index (χ1n) is 8.60. The average molecular weight is 348 g/mol. The van der Waals surface area contributed by atoms with Crippen molar-refractivity contribution in [2.24, 2.45) is 0 Å². The molecule has 0 saturated heterocycles. The minimum absolute atomic E-state index is 0.228. The zero-order valence-electron chi connectivity index (χ0n) is 14.2. The third-order valence-electron chi connectivity index (χ3n) is 5.07. The van der Waals surface area contributed by atoms with Gasteiger partial charge < -0.3 is 10.6 Å². The predicted octanol–water partition coefficient (Wildman–Crippen LogP) is 3.47. The zero-order valence-corrected chi connectivity index (χ0v) is 14.2. The number of hydrogen-bond acceptors (Lipinski definition) is 5. The van der Waals surface area contributed by atoms with Crippen LogP contribution < -0.4 is 10.6 Å². The van der Waals surface area contributed by atoms with E-state index in [2.05, 4.69) is 45.2 Å². The highest BCUT2D eigenvalue weighted by molar-refractivity contribution is 5.95. The van der Waals surface area contributed by atoms with Crippen molar-refractivity contribution in [2.45, 2.75) is 25.8 Å². The quantitative estimate of drug-likeness (QED) is 0.533. The van der Waals surface area contributed by atoms with Gasteiger partial charge in [0, 0.05) is 22.8 Å². The van der Waals surface area contributed by atoms with Crippen LogP contribution >= 0.6 is 0 Å². The van der Waals surface area contributed by atoms with Crippen molar-refractivity contribution in [1.82, 2.24) is 19.6 Å². The lowest BCUT2D eigenvalue weighted by atomic mass is 9.96. The van der Waals surface area contributed by atoms with Crippen molar-refractivity contribution < 1.29 is 4.39 Å². The van der Waals surface area contributed by atoms with Crippen LogP contribution in [0.1, 0.15) is 18.9 Å². The third-order valence-corrected chi connectivity index (χ3v) is 5.07. The number of aryl methyl sites for hydroxylation is 1. The molecule has 0 radical (unpaired) electrons. The maximum absolute atomic E-state index is 14.2. The Bertz CT molecular complexity index is 1150. The van der Waals surface area contributed by atoms with Crippen LogP contribution in [-0.2, 0) is 6.42 Å². The van der Waals surface area contributed by atoms with Gasteiger partial charge in [-0.05, 0) is 49.6 Å². The van der Waals surface area contributed by atoms with Crippen molar-refractivity contribution in [1.29, 1.82) is 0 Å². The number of fused-ring (bicyclic) bond motifs is 4. The summed E-state index contributed by atoms with van der Waals surface area (Å²) in [5.41, 5.74) is 9.53. The Morgan fingerprint density at radius 1 is 1.15 bits per heavy atom. The van der Waals surface area contributed by atoms with E-state index in [0.29, 0.717) is 11.2 Å². The molecule has 5 rings (SSSR count). The normalized spacial score (nSPS) is 17.0. The molecule has 2 N–H and O–H groups in total. The van der Waals surface area contributed by atoms with Gasteiger partial charge in [-0.15, -0.1) is 5.10 Å². The van der Waals surface area contributed by atoms with Crippen LogP contribution in [0.2, 0.25) is 0 Å². The average Bonchev–Trinajstić information content (AvgIpc) is 3.02. The molecule has 4 aromatic rings. The lowest BCUT2D eigenvalue weighted by molar-refractivity contribution is 0.531. The second-order valence-corrected chi connectivity index (χ2v) is 6.70. The summed E-state index contributed by atoms with van der Waals surface area (Å²) in [6.07, 6.45) is 1.35. The highest BCUT2D eigenvalue weighted by atomic mass is 19.1. The van der Waals surface area contributed by atoms with E-state index >= 15 is 0 Å². The van der Waals surface area contributed by atoms with Gasteiger partial charge in [0.15, 0.2) is 0 Å². The Balaban J connectivity index is 1.87. The summed E-state index contributed by atoms with van der Waals surface area (Å²) in [6, 6.07) is 14.0. The molecule has 1 atom stereocenters. The van der Waals surface area contributed by atoms with Crippen LogP contribution in [-0.4, -0.2) is 25.6 Å². The number of nitrogens with two attached hydrogens (primary N) is 1. The number of nitrogen functional groups attached to an aromatic ring is 1. The van der Waals surface area contributed by atoms with Crippen molar-refractivity contribution >= 4 is 33.9 Å². The summed E-state index contributed by atoms with van der Waals surface area (Å²) >= 11 is 0. The Morgan fingerprint density at radius 3 is 2.88 bits per heavy atom. The number of anilines is 3. The fourth-order valence-electron chi connectivity index (χ4n) is 3.81. The van der Waals surface area contributed by atoms with Gasteiger partial charge in [-0.3, -0.25) is 0 Å². The summed E-state index contributed by atoms with van der Waals surface area (Å²) in [4.78, 5) is 6.87. The minimum Gasteiger partial charge on any atom is -0.399 e. The van der Waals surface area contributed by atoms with E-state index in [4.69, 9.17) is 5.73 Å². The van der Waals surface area contributed by atoms with Crippen LogP contribution in [0, 0.1) is 6.08 Å². The van der Waals surface area contributed by atoms with Crippen molar-refractivity contribution in [3.05, 3.63) is 54.1 Å². The second kappa shape index (κ2) is 5.39. The Morgan fingerprint density at radius 2 is 2.00 bits per heavy atom. The monoisotopic (exact) mass is 348 g/mol. The van der Waals surface area contributed by atoms with Gasteiger partial charge in [0.2, 0.25) is 0 Å². The molecule has 0 saturated carbocycles. The summed E-state index contributed by atoms with van der Waals surface area (Å²) < 4.78 is 15.5. The standard InChI is InChI=1S/C19H17FN6/c1-11-6-7-12-4-2-3-5-15(12)25(11)17-14-9-8-13(21)10-16(14)26-18(20)23-24-19(26)22-17/h2-5,8-11H,6-7,21H2,1H3. The highest BCUT2D eigenvalue weighted by Gasteiger charge is 2.28. The number of para-hydroxylation sites is 1. The second-order valence-electron chi connectivity index (χ2n) is 6.70. The molecule has 0 amide bonds. The van der Waals surface area contributed by atoms with Gasteiger partial charge in [0.1, 0.15) is 5.82 Å². The number of benzene rings is 2. The summed E-state index contributed by atoms with van der Waals surface area (Å²) in [5.74, 6) is 0.977. The van der Waals surface area contributed by atoms with E-state index in [1.54, 1.807) is 6.07 Å². The Kier molecular flexibility index (Phi) is 3.12. The van der Waals surface area contributed by atoms with E-state index < -0.39 is 6.08 Å². The molecule has 0 fully saturated rings. The molecule has 0 aliphatic carbocycles. The predicted molar refractivity (Wildman–Crippen MR) is 99.0 cm³/mol. The van der Waals surface area contributed by atoms with Crippen molar-refractivity contribution in [2.75, 3.05) is 10.6 Å². The van der Waals surface area contributed by atoms with Gasteiger partial charge in [0.05, 0.1) is 5.52 Å². The van der Waals surface area contributed by atoms with Crippen LogP contribution in [0.5, 0.6) is 0 Å². The first-order valence-corrected chi connectivity index (χ1v) is 8.60. The van der Waals surface area contributed by atoms with Crippen molar-refractivity contribution in [3.63, 3.8) is 0 Å². The zero-order chi connectivity index (χ0) is 17.8. The molecule has 3 heterocycles. The Hall–Kier alpha value is -3.22. The van der Waals surface area contributed by atoms with Gasteiger partial charge >= 0.3 is 6.08 Å². The number of aromatic nitrogens is 4. The molecule has 26 heavy (non-hydrogen) atoms. The molecule has 1 aliphatic heterocycles. The summed E-state index contributed by atoms with van der Waals surface area (Å²) in [7, 11) is 0. The highest BCUT2D eigenvalue weighted by Crippen LogP contribution is 2.39. The number of nitrogens with zero attached hydrogens (tertiary/aromatic N) is 5. The molecule has 7 heteroatoms. The maximum atomic E-state index is 14.2. The molecule has 2 aromatic heterocycles. The third kappa shape index (κ3) is 2.06. The lowest BCUT2D eigenvalue weighted by Crippen LogP contribution is -2.34. The first-order chi connectivity index (χ1) is 12.6. The van der Waals surface area contributed by atoms with E-state index in [1.807, 2.05) is 18.2 Å². The molecule has 6 nitrogen and oxygen atoms in total. The van der Waals surface area contributed by atoms with Gasteiger partial charge in [-0.2, -0.15) is 9.37 Å². The number of hydrogen-bond donors (Lipinski definition) is 1. The summed E-state index contributed by atoms with van der Waals surface area (Å²) in [6.45, 7) is 2.18. The molecule has 130 valence electrons. The van der Waals surface area contributed by atoms with Gasteiger partial charge in [-0.25, -0.2) is 4.40 Å². The first kappa shape index (κ1) is 15.1. The van der Waals surface area contributed by atoms with E-state index in [9.17, 15) is 4.39 Å². The van der Waals surface area contributed by atoms with Crippen LogP contribution in [0.3, 0.4) is 0 Å². The smallest absolute Gasteiger partial charge is 0.315 e. The molecule has 1 aliphatic rings. The van der Waals surface area contributed by atoms with Gasteiger partial charge in [0.25, 0.3) is 5.78 Å².